The van der Waals surface area contributed by atoms with E-state index in [0.717, 1.165) is 25.7 Å². The first-order valence-electron chi connectivity index (χ1n) is 10.1. The van der Waals surface area contributed by atoms with Crippen LogP contribution in [0.2, 0.25) is 0 Å². The topological polar surface area (TPSA) is 81.3 Å². The van der Waals surface area contributed by atoms with Gasteiger partial charge in [0, 0.05) is 13.1 Å². The van der Waals surface area contributed by atoms with Crippen molar-refractivity contribution in [2.24, 2.45) is 7.05 Å². The van der Waals surface area contributed by atoms with Crippen molar-refractivity contribution in [3.05, 3.63) is 28.7 Å². The Morgan fingerprint density at radius 2 is 1.52 bits per heavy atom. The molecular weight excluding hydrogens is 364 g/mol. The zero-order chi connectivity index (χ0) is 19.3. The first kappa shape index (κ1) is 20.1. The molecule has 1 aromatic carbocycles. The van der Waals surface area contributed by atoms with E-state index >= 15 is 0 Å². The molecule has 0 unspecified atom stereocenters. The molecule has 6 nitrogen and oxygen atoms in total. The highest BCUT2D eigenvalue weighted by molar-refractivity contribution is 7.89. The van der Waals surface area contributed by atoms with E-state index in [0.29, 0.717) is 11.1 Å². The second kappa shape index (κ2) is 9.06. The second-order valence-electron chi connectivity index (χ2n) is 7.63. The SMILES string of the molecule is Cn1c(=O)oc2ccc(S(=O)(=O)NC3CCCCCCCCCCC3)cc21. The fraction of sp³-hybridized carbons (Fsp3) is 0.650. The molecule has 1 aliphatic carbocycles. The van der Waals surface area contributed by atoms with E-state index in [1.54, 1.807) is 13.1 Å². The summed E-state index contributed by atoms with van der Waals surface area (Å²) in [4.78, 5) is 11.8. The molecule has 0 bridgehead atoms. The highest BCUT2D eigenvalue weighted by Crippen LogP contribution is 2.21. The van der Waals surface area contributed by atoms with Gasteiger partial charge in [0.25, 0.3) is 0 Å². The van der Waals surface area contributed by atoms with Crippen molar-refractivity contribution in [3.63, 3.8) is 0 Å². The normalized spacial score (nSPS) is 18.9. The lowest BCUT2D eigenvalue weighted by Crippen LogP contribution is -2.35. The van der Waals surface area contributed by atoms with Gasteiger partial charge in [-0.05, 0) is 31.0 Å². The maximum atomic E-state index is 12.9. The fourth-order valence-electron chi connectivity index (χ4n) is 3.84. The average Bonchev–Trinajstić information content (AvgIpc) is 2.91. The summed E-state index contributed by atoms with van der Waals surface area (Å²) in [6, 6.07) is 4.53. The van der Waals surface area contributed by atoms with Crippen molar-refractivity contribution in [1.29, 1.82) is 0 Å². The molecule has 27 heavy (non-hydrogen) atoms. The van der Waals surface area contributed by atoms with Gasteiger partial charge >= 0.3 is 5.76 Å². The molecule has 0 saturated heterocycles. The van der Waals surface area contributed by atoms with E-state index in [1.807, 2.05) is 0 Å². The molecule has 1 aromatic heterocycles. The number of fused-ring (bicyclic) bond motifs is 1. The van der Waals surface area contributed by atoms with Crippen LogP contribution in [0, 0.1) is 0 Å². The van der Waals surface area contributed by atoms with Crippen molar-refractivity contribution < 1.29 is 12.8 Å². The van der Waals surface area contributed by atoms with Gasteiger partial charge in [-0.3, -0.25) is 4.57 Å². The van der Waals surface area contributed by atoms with Crippen LogP contribution in [-0.4, -0.2) is 19.0 Å². The van der Waals surface area contributed by atoms with E-state index in [4.69, 9.17) is 4.42 Å². The van der Waals surface area contributed by atoms with Gasteiger partial charge in [0.2, 0.25) is 10.0 Å². The van der Waals surface area contributed by atoms with Crippen LogP contribution in [0.25, 0.3) is 11.1 Å². The number of aromatic nitrogens is 1. The molecule has 1 fully saturated rings. The van der Waals surface area contributed by atoms with Crippen molar-refractivity contribution in [2.75, 3.05) is 0 Å². The third kappa shape index (κ3) is 5.23. The summed E-state index contributed by atoms with van der Waals surface area (Å²) >= 11 is 0. The summed E-state index contributed by atoms with van der Waals surface area (Å²) in [5.74, 6) is -0.494. The molecule has 0 amide bonds. The zero-order valence-corrected chi connectivity index (χ0v) is 16.9. The summed E-state index contributed by atoms with van der Waals surface area (Å²) in [6.07, 6.45) is 12.6. The van der Waals surface area contributed by atoms with Crippen LogP contribution in [0.5, 0.6) is 0 Å². The molecule has 1 N–H and O–H groups in total. The van der Waals surface area contributed by atoms with E-state index in [-0.39, 0.29) is 10.9 Å². The van der Waals surface area contributed by atoms with Gasteiger partial charge in [-0.1, -0.05) is 57.8 Å². The van der Waals surface area contributed by atoms with Crippen LogP contribution in [0.15, 0.2) is 32.3 Å². The fourth-order valence-corrected chi connectivity index (χ4v) is 5.17. The van der Waals surface area contributed by atoms with Crippen LogP contribution < -0.4 is 10.5 Å². The minimum atomic E-state index is -3.63. The Balaban J connectivity index is 1.74. The number of hydrogen-bond acceptors (Lipinski definition) is 4. The van der Waals surface area contributed by atoms with E-state index in [2.05, 4.69) is 4.72 Å². The van der Waals surface area contributed by atoms with Crippen LogP contribution in [0.1, 0.15) is 70.6 Å². The molecule has 150 valence electrons. The van der Waals surface area contributed by atoms with Crippen molar-refractivity contribution in [3.8, 4) is 0 Å². The third-order valence-electron chi connectivity index (χ3n) is 5.50. The lowest BCUT2D eigenvalue weighted by atomic mass is 9.98. The highest BCUT2D eigenvalue weighted by atomic mass is 32.2. The van der Waals surface area contributed by atoms with Crippen LogP contribution in [0.4, 0.5) is 0 Å². The van der Waals surface area contributed by atoms with E-state index in [9.17, 15) is 13.2 Å². The summed E-state index contributed by atoms with van der Waals surface area (Å²) in [5.41, 5.74) is 0.883. The summed E-state index contributed by atoms with van der Waals surface area (Å²) in [7, 11) is -2.06. The number of nitrogens with zero attached hydrogens (tertiary/aromatic N) is 1. The highest BCUT2D eigenvalue weighted by Gasteiger charge is 2.21. The number of rotatable bonds is 3. The standard InChI is InChI=1S/C20H30N2O4S/c1-22-18-15-17(13-14-19(18)26-20(22)23)27(24,25)21-16-11-9-7-5-3-2-4-6-8-10-12-16/h13-16,21H,2-12H2,1H3. The van der Waals surface area contributed by atoms with Crippen molar-refractivity contribution in [2.45, 2.75) is 81.6 Å². The van der Waals surface area contributed by atoms with Crippen LogP contribution in [0.3, 0.4) is 0 Å². The van der Waals surface area contributed by atoms with Gasteiger partial charge in [0.05, 0.1) is 10.4 Å². The van der Waals surface area contributed by atoms with Crippen LogP contribution >= 0.6 is 0 Å². The maximum absolute atomic E-state index is 12.9. The summed E-state index contributed by atoms with van der Waals surface area (Å²) < 4.78 is 35.1. The number of aryl methyl sites for hydroxylation is 1. The zero-order valence-electron chi connectivity index (χ0n) is 16.1. The molecule has 1 heterocycles. The average molecular weight is 395 g/mol. The molecule has 0 atom stereocenters. The molecule has 1 saturated carbocycles. The Morgan fingerprint density at radius 3 is 2.11 bits per heavy atom. The number of sulfonamides is 1. The van der Waals surface area contributed by atoms with E-state index in [1.165, 1.54) is 61.6 Å². The van der Waals surface area contributed by atoms with Crippen molar-refractivity contribution >= 4 is 21.1 Å². The van der Waals surface area contributed by atoms with Gasteiger partial charge in [0.15, 0.2) is 5.58 Å². The quantitative estimate of drug-likeness (QED) is 0.850. The number of benzene rings is 1. The smallest absolute Gasteiger partial charge is 0.408 e. The Labute approximate surface area is 161 Å². The Hall–Kier alpha value is -1.60. The number of oxazole rings is 1. The maximum Gasteiger partial charge on any atom is 0.419 e. The molecular formula is C20H30N2O4S. The second-order valence-corrected chi connectivity index (χ2v) is 9.35. The molecule has 3 rings (SSSR count). The minimum Gasteiger partial charge on any atom is -0.408 e. The Bertz CT molecular complexity index is 902. The van der Waals surface area contributed by atoms with Gasteiger partial charge in [-0.15, -0.1) is 0 Å². The summed E-state index contributed by atoms with van der Waals surface area (Å²) in [6.45, 7) is 0. The predicted octanol–water partition coefficient (Wildman–Crippen LogP) is 4.08. The molecule has 7 heteroatoms. The monoisotopic (exact) mass is 394 g/mol. The lowest BCUT2D eigenvalue weighted by molar-refractivity contribution is 0.440. The number of hydrogen-bond donors (Lipinski definition) is 1. The Morgan fingerprint density at radius 1 is 0.963 bits per heavy atom. The molecule has 0 spiro atoms. The van der Waals surface area contributed by atoms with Gasteiger partial charge in [-0.2, -0.15) is 0 Å². The third-order valence-corrected chi connectivity index (χ3v) is 7.02. The number of nitrogens with one attached hydrogen (secondary N) is 1. The Kier molecular flexibility index (Phi) is 6.76. The van der Waals surface area contributed by atoms with Gasteiger partial charge in [-0.25, -0.2) is 17.9 Å². The first-order chi connectivity index (χ1) is 13.0. The lowest BCUT2D eigenvalue weighted by Gasteiger charge is -2.19. The van der Waals surface area contributed by atoms with Gasteiger partial charge in [0.1, 0.15) is 0 Å². The van der Waals surface area contributed by atoms with Gasteiger partial charge < -0.3 is 4.42 Å². The summed E-state index contributed by atoms with van der Waals surface area (Å²) in [5, 5.41) is 0. The van der Waals surface area contributed by atoms with E-state index < -0.39 is 15.8 Å². The molecule has 1 aliphatic rings. The van der Waals surface area contributed by atoms with Crippen LogP contribution in [-0.2, 0) is 17.1 Å². The van der Waals surface area contributed by atoms with Crippen molar-refractivity contribution in [1.82, 2.24) is 9.29 Å². The predicted molar refractivity (Wildman–Crippen MR) is 106 cm³/mol. The molecule has 0 radical (unpaired) electrons. The molecule has 2 aromatic rings. The first-order valence-corrected chi connectivity index (χ1v) is 11.6. The largest absolute Gasteiger partial charge is 0.419 e. The minimum absolute atomic E-state index is 0.0294. The molecule has 0 aliphatic heterocycles.